The highest BCUT2D eigenvalue weighted by molar-refractivity contribution is 7.15. The van der Waals surface area contributed by atoms with Crippen LogP contribution in [0, 0.1) is 18.8 Å². The maximum absolute atomic E-state index is 12.2. The molecule has 1 N–H and O–H groups in total. The fourth-order valence-electron chi connectivity index (χ4n) is 3.49. The largest absolute Gasteiger partial charge is 0.376 e. The summed E-state index contributed by atoms with van der Waals surface area (Å²) >= 11 is 1.61. The van der Waals surface area contributed by atoms with Crippen molar-refractivity contribution >= 4 is 22.4 Å². The molecule has 0 aromatic carbocycles. The molecule has 9 heteroatoms. The number of carbonyl (C=O) groups is 1. The number of fused-ring (bicyclic) bond motifs is 1. The van der Waals surface area contributed by atoms with Crippen LogP contribution in [-0.4, -0.2) is 58.2 Å². The van der Waals surface area contributed by atoms with Crippen molar-refractivity contribution in [3.63, 3.8) is 0 Å². The lowest BCUT2D eigenvalue weighted by atomic mass is 9.93. The van der Waals surface area contributed by atoms with E-state index in [1.807, 2.05) is 6.92 Å². The van der Waals surface area contributed by atoms with E-state index < -0.39 is 0 Å². The van der Waals surface area contributed by atoms with E-state index in [9.17, 15) is 4.79 Å². The number of ether oxygens (including phenoxy) is 1. The lowest BCUT2D eigenvalue weighted by Gasteiger charge is -2.19. The van der Waals surface area contributed by atoms with Gasteiger partial charge in [0.05, 0.1) is 12.7 Å². The van der Waals surface area contributed by atoms with Crippen LogP contribution in [-0.2, 0) is 11.8 Å². The Balaban J connectivity index is 1.36. The molecule has 2 aromatic heterocycles. The first-order valence-corrected chi connectivity index (χ1v) is 8.86. The lowest BCUT2D eigenvalue weighted by Crippen LogP contribution is -2.35. The predicted octanol–water partition coefficient (Wildman–Crippen LogP) is 0.461. The quantitative estimate of drug-likeness (QED) is 0.864. The minimum absolute atomic E-state index is 0.0898. The van der Waals surface area contributed by atoms with Crippen molar-refractivity contribution in [2.45, 2.75) is 13.0 Å². The SMILES string of the molecule is Cc1nnc(N2C[C@H]3[C@H](CNC(=O)c4ccnn4C)CO[C@H]3C2)s1. The van der Waals surface area contributed by atoms with Gasteiger partial charge in [-0.05, 0) is 13.0 Å². The third kappa shape index (κ3) is 2.78. The molecule has 2 aliphatic heterocycles. The van der Waals surface area contributed by atoms with Gasteiger partial charge in [-0.1, -0.05) is 11.3 Å². The summed E-state index contributed by atoms with van der Waals surface area (Å²) in [4.78, 5) is 14.5. The summed E-state index contributed by atoms with van der Waals surface area (Å²) in [5, 5.41) is 17.3. The Bertz CT molecular complexity index is 744. The number of aryl methyl sites for hydroxylation is 2. The predicted molar refractivity (Wildman–Crippen MR) is 89.1 cm³/mol. The Morgan fingerprint density at radius 2 is 2.33 bits per heavy atom. The van der Waals surface area contributed by atoms with E-state index in [1.165, 1.54) is 0 Å². The van der Waals surface area contributed by atoms with E-state index in [-0.39, 0.29) is 12.0 Å². The second-order valence-corrected chi connectivity index (χ2v) is 7.51. The minimum atomic E-state index is -0.0898. The van der Waals surface area contributed by atoms with Gasteiger partial charge in [-0.25, -0.2) is 0 Å². The molecular weight excluding hydrogens is 328 g/mol. The summed E-state index contributed by atoms with van der Waals surface area (Å²) in [7, 11) is 1.77. The third-order valence-electron chi connectivity index (χ3n) is 4.80. The molecule has 8 nitrogen and oxygen atoms in total. The number of amides is 1. The van der Waals surface area contributed by atoms with Crippen molar-refractivity contribution in [3.05, 3.63) is 23.0 Å². The highest BCUT2D eigenvalue weighted by Gasteiger charge is 2.44. The number of rotatable bonds is 4. The molecule has 2 fully saturated rings. The van der Waals surface area contributed by atoms with Crippen LogP contribution in [0.3, 0.4) is 0 Å². The maximum Gasteiger partial charge on any atom is 0.269 e. The van der Waals surface area contributed by atoms with Crippen molar-refractivity contribution in [2.24, 2.45) is 18.9 Å². The zero-order chi connectivity index (χ0) is 16.7. The Morgan fingerprint density at radius 3 is 3.04 bits per heavy atom. The normalized spacial score (nSPS) is 25.9. The Morgan fingerprint density at radius 1 is 1.46 bits per heavy atom. The molecule has 2 aliphatic rings. The smallest absolute Gasteiger partial charge is 0.269 e. The zero-order valence-electron chi connectivity index (χ0n) is 13.7. The van der Waals surface area contributed by atoms with Crippen LogP contribution < -0.4 is 10.2 Å². The van der Waals surface area contributed by atoms with Crippen LogP contribution in [0.4, 0.5) is 5.13 Å². The van der Waals surface area contributed by atoms with E-state index >= 15 is 0 Å². The summed E-state index contributed by atoms with van der Waals surface area (Å²) < 4.78 is 7.52. The molecule has 128 valence electrons. The number of aromatic nitrogens is 4. The second kappa shape index (κ2) is 6.14. The van der Waals surface area contributed by atoms with Crippen molar-refractivity contribution in [2.75, 3.05) is 31.1 Å². The van der Waals surface area contributed by atoms with E-state index in [0.717, 1.165) is 23.2 Å². The van der Waals surface area contributed by atoms with Gasteiger partial charge in [-0.15, -0.1) is 10.2 Å². The van der Waals surface area contributed by atoms with Crippen molar-refractivity contribution in [1.82, 2.24) is 25.3 Å². The first-order chi connectivity index (χ1) is 11.6. The van der Waals surface area contributed by atoms with Gasteiger partial charge >= 0.3 is 0 Å². The van der Waals surface area contributed by atoms with Gasteiger partial charge in [-0.3, -0.25) is 9.48 Å². The van der Waals surface area contributed by atoms with Crippen LogP contribution >= 0.6 is 11.3 Å². The Kier molecular flexibility index (Phi) is 3.97. The fraction of sp³-hybridized carbons (Fsp3) is 0.600. The van der Waals surface area contributed by atoms with Crippen LogP contribution in [0.5, 0.6) is 0 Å². The molecule has 0 saturated carbocycles. The number of hydrogen-bond acceptors (Lipinski definition) is 7. The number of carbonyl (C=O) groups excluding carboxylic acids is 1. The minimum Gasteiger partial charge on any atom is -0.376 e. The molecule has 0 aliphatic carbocycles. The van der Waals surface area contributed by atoms with Crippen molar-refractivity contribution < 1.29 is 9.53 Å². The molecule has 2 aromatic rings. The van der Waals surface area contributed by atoms with E-state index in [1.54, 1.807) is 35.3 Å². The molecule has 0 unspecified atom stereocenters. The number of nitrogens with zero attached hydrogens (tertiary/aromatic N) is 5. The van der Waals surface area contributed by atoms with Gasteiger partial charge < -0.3 is 15.0 Å². The standard InChI is InChI=1S/C15H20N6O2S/c1-9-18-19-15(24-9)21-6-11-10(8-23-13(11)7-21)5-16-14(22)12-3-4-17-20(12)2/h3-4,10-11,13H,5-8H2,1-2H3,(H,16,22)/t10-,11+,13+/m1/s1. The molecule has 24 heavy (non-hydrogen) atoms. The molecular formula is C15H20N6O2S. The summed E-state index contributed by atoms with van der Waals surface area (Å²) in [5.74, 6) is 0.653. The van der Waals surface area contributed by atoms with Gasteiger partial charge in [0.2, 0.25) is 5.13 Å². The average Bonchev–Trinajstić information content (AvgIpc) is 3.29. The van der Waals surface area contributed by atoms with Gasteiger partial charge in [0, 0.05) is 44.7 Å². The summed E-state index contributed by atoms with van der Waals surface area (Å²) in [6, 6.07) is 1.72. The van der Waals surface area contributed by atoms with Crippen molar-refractivity contribution in [3.8, 4) is 0 Å². The second-order valence-electron chi connectivity index (χ2n) is 6.35. The maximum atomic E-state index is 12.2. The molecule has 4 heterocycles. The van der Waals surface area contributed by atoms with Gasteiger partial charge in [-0.2, -0.15) is 5.10 Å². The van der Waals surface area contributed by atoms with Crippen molar-refractivity contribution in [1.29, 1.82) is 0 Å². The summed E-state index contributed by atoms with van der Waals surface area (Å²) in [6.07, 6.45) is 1.84. The Hall–Kier alpha value is -2.00. The summed E-state index contributed by atoms with van der Waals surface area (Å²) in [5.41, 5.74) is 0.572. The van der Waals surface area contributed by atoms with Crippen LogP contribution in [0.2, 0.25) is 0 Å². The molecule has 0 radical (unpaired) electrons. The Labute approximate surface area is 143 Å². The summed E-state index contributed by atoms with van der Waals surface area (Å²) in [6.45, 7) is 5.04. The highest BCUT2D eigenvalue weighted by atomic mass is 32.1. The number of nitrogens with one attached hydrogen (secondary N) is 1. The molecule has 0 spiro atoms. The fourth-order valence-corrected chi connectivity index (χ4v) is 4.20. The van der Waals surface area contributed by atoms with Gasteiger partial charge in [0.1, 0.15) is 10.7 Å². The van der Waals surface area contributed by atoms with E-state index in [2.05, 4.69) is 25.5 Å². The third-order valence-corrected chi connectivity index (χ3v) is 5.70. The molecule has 0 bridgehead atoms. The van der Waals surface area contributed by atoms with Gasteiger partial charge in [0.15, 0.2) is 0 Å². The molecule has 1 amide bonds. The average molecular weight is 348 g/mol. The van der Waals surface area contributed by atoms with E-state index in [0.29, 0.717) is 30.7 Å². The monoisotopic (exact) mass is 348 g/mol. The number of hydrogen-bond donors (Lipinski definition) is 1. The van der Waals surface area contributed by atoms with Crippen LogP contribution in [0.1, 0.15) is 15.5 Å². The van der Waals surface area contributed by atoms with E-state index in [4.69, 9.17) is 4.74 Å². The molecule has 2 saturated heterocycles. The van der Waals surface area contributed by atoms with Crippen LogP contribution in [0.25, 0.3) is 0 Å². The topological polar surface area (TPSA) is 85.2 Å². The van der Waals surface area contributed by atoms with Gasteiger partial charge in [0.25, 0.3) is 5.91 Å². The zero-order valence-corrected chi connectivity index (χ0v) is 14.5. The highest BCUT2D eigenvalue weighted by Crippen LogP contribution is 2.36. The number of anilines is 1. The first-order valence-electron chi connectivity index (χ1n) is 8.04. The first kappa shape index (κ1) is 15.5. The van der Waals surface area contributed by atoms with Crippen LogP contribution in [0.15, 0.2) is 12.3 Å². The molecule has 3 atom stereocenters. The lowest BCUT2D eigenvalue weighted by molar-refractivity contribution is 0.0930. The molecule has 4 rings (SSSR count).